The van der Waals surface area contributed by atoms with E-state index in [-0.39, 0.29) is 0 Å². The molecule has 3 nitrogen and oxygen atoms in total. The van der Waals surface area contributed by atoms with Gasteiger partial charge in [-0.1, -0.05) is 37.3 Å². The molecular formula is C17H24N2OS. The fourth-order valence-corrected chi connectivity index (χ4v) is 3.32. The van der Waals surface area contributed by atoms with Crippen LogP contribution in [0.5, 0.6) is 0 Å². The van der Waals surface area contributed by atoms with Crippen LogP contribution in [0.15, 0.2) is 30.3 Å². The quantitative estimate of drug-likeness (QED) is 0.714. The van der Waals surface area contributed by atoms with Crippen LogP contribution in [0.4, 0.5) is 0 Å². The normalized spacial score (nSPS) is 11.0. The summed E-state index contributed by atoms with van der Waals surface area (Å²) in [5.74, 6) is 0. The Hall–Kier alpha value is -1.23. The number of hydrogen-bond acceptors (Lipinski definition) is 4. The molecule has 0 atom stereocenters. The van der Waals surface area contributed by atoms with Gasteiger partial charge in [0.2, 0.25) is 0 Å². The number of ether oxygens (including phenoxy) is 1. The molecule has 0 spiro atoms. The lowest BCUT2D eigenvalue weighted by Gasteiger charge is -2.03. The third kappa shape index (κ3) is 4.92. The molecule has 21 heavy (non-hydrogen) atoms. The van der Waals surface area contributed by atoms with E-state index in [1.165, 1.54) is 21.1 Å². The van der Waals surface area contributed by atoms with Crippen LogP contribution >= 0.6 is 11.3 Å². The highest BCUT2D eigenvalue weighted by molar-refractivity contribution is 7.15. The van der Waals surface area contributed by atoms with Crippen molar-refractivity contribution in [2.75, 3.05) is 20.3 Å². The summed E-state index contributed by atoms with van der Waals surface area (Å²) in [7, 11) is 1.75. The van der Waals surface area contributed by atoms with Crippen molar-refractivity contribution in [2.45, 2.75) is 32.7 Å². The second-order valence-corrected chi connectivity index (χ2v) is 6.11. The average Bonchev–Trinajstić information content (AvgIpc) is 2.92. The molecule has 0 aliphatic carbocycles. The molecule has 1 N–H and O–H groups in total. The van der Waals surface area contributed by atoms with Crippen molar-refractivity contribution in [1.82, 2.24) is 10.3 Å². The van der Waals surface area contributed by atoms with Crippen LogP contribution in [0, 0.1) is 0 Å². The second-order valence-electron chi connectivity index (χ2n) is 5.02. The smallest absolute Gasteiger partial charge is 0.0936 e. The van der Waals surface area contributed by atoms with Gasteiger partial charge in [0.25, 0.3) is 0 Å². The van der Waals surface area contributed by atoms with Gasteiger partial charge in [-0.25, -0.2) is 4.98 Å². The predicted octanol–water partition coefficient (Wildman–Crippen LogP) is 3.89. The molecule has 2 aromatic rings. The number of aryl methyl sites for hydroxylation is 1. The number of methoxy groups -OCH3 is 1. The molecule has 0 fully saturated rings. The van der Waals surface area contributed by atoms with E-state index in [2.05, 4.69) is 42.6 Å². The number of nitrogens with one attached hydrogen (secondary N) is 1. The lowest BCUT2D eigenvalue weighted by atomic mass is 10.1. The molecule has 0 unspecified atom stereocenters. The highest BCUT2D eigenvalue weighted by Gasteiger charge is 2.12. The summed E-state index contributed by atoms with van der Waals surface area (Å²) in [6, 6.07) is 10.6. The lowest BCUT2D eigenvalue weighted by molar-refractivity contribution is 0.195. The molecule has 4 heteroatoms. The SMILES string of the molecule is CCCNCc1nc(CCCOC)sc1-c1ccccc1. The first-order valence-electron chi connectivity index (χ1n) is 7.58. The number of benzene rings is 1. The molecule has 114 valence electrons. The fraction of sp³-hybridized carbons (Fsp3) is 0.471. The topological polar surface area (TPSA) is 34.2 Å². The van der Waals surface area contributed by atoms with Crippen LogP contribution in [0.1, 0.15) is 30.5 Å². The van der Waals surface area contributed by atoms with Gasteiger partial charge < -0.3 is 10.1 Å². The van der Waals surface area contributed by atoms with E-state index in [1.807, 2.05) is 11.3 Å². The highest BCUT2D eigenvalue weighted by Crippen LogP contribution is 2.30. The van der Waals surface area contributed by atoms with Crippen LogP contribution in [-0.4, -0.2) is 25.2 Å². The number of rotatable bonds is 9. The maximum absolute atomic E-state index is 5.13. The molecule has 1 heterocycles. The van der Waals surface area contributed by atoms with Gasteiger partial charge in [0.15, 0.2) is 0 Å². The van der Waals surface area contributed by atoms with Crippen molar-refractivity contribution in [2.24, 2.45) is 0 Å². The van der Waals surface area contributed by atoms with Crippen molar-refractivity contribution in [3.05, 3.63) is 41.0 Å². The Balaban J connectivity index is 2.15. The molecule has 0 bridgehead atoms. The molecule has 0 aliphatic heterocycles. The zero-order chi connectivity index (χ0) is 14.9. The summed E-state index contributed by atoms with van der Waals surface area (Å²) < 4.78 is 5.13. The fourth-order valence-electron chi connectivity index (χ4n) is 2.19. The van der Waals surface area contributed by atoms with Crippen molar-refractivity contribution in [1.29, 1.82) is 0 Å². The van der Waals surface area contributed by atoms with Crippen LogP contribution in [0.3, 0.4) is 0 Å². The van der Waals surface area contributed by atoms with Gasteiger partial charge in [0.05, 0.1) is 15.6 Å². The van der Waals surface area contributed by atoms with Gasteiger partial charge in [0, 0.05) is 26.7 Å². The minimum Gasteiger partial charge on any atom is -0.385 e. The number of aromatic nitrogens is 1. The van der Waals surface area contributed by atoms with E-state index >= 15 is 0 Å². The molecule has 1 aromatic carbocycles. The standard InChI is InChI=1S/C17H24N2OS/c1-3-11-18-13-15-17(14-8-5-4-6-9-14)21-16(19-15)10-7-12-20-2/h4-6,8-9,18H,3,7,10-13H2,1-2H3. The minimum absolute atomic E-state index is 0.795. The Kier molecular flexibility index (Phi) is 6.86. The summed E-state index contributed by atoms with van der Waals surface area (Å²) in [4.78, 5) is 6.13. The maximum atomic E-state index is 5.13. The third-order valence-corrected chi connectivity index (χ3v) is 4.44. The molecule has 0 saturated carbocycles. The molecule has 0 aliphatic rings. The summed E-state index contributed by atoms with van der Waals surface area (Å²) in [5, 5.41) is 4.67. The molecule has 2 rings (SSSR count). The van der Waals surface area contributed by atoms with Crippen LogP contribution in [0.2, 0.25) is 0 Å². The predicted molar refractivity (Wildman–Crippen MR) is 89.7 cm³/mol. The Labute approximate surface area is 131 Å². The zero-order valence-electron chi connectivity index (χ0n) is 12.9. The molecule has 0 radical (unpaired) electrons. The monoisotopic (exact) mass is 304 g/mol. The van der Waals surface area contributed by atoms with Gasteiger partial charge in [-0.2, -0.15) is 0 Å². The lowest BCUT2D eigenvalue weighted by Crippen LogP contribution is -2.14. The van der Waals surface area contributed by atoms with E-state index in [1.54, 1.807) is 7.11 Å². The molecular weight excluding hydrogens is 280 g/mol. The van der Waals surface area contributed by atoms with Crippen molar-refractivity contribution < 1.29 is 4.74 Å². The first-order chi connectivity index (χ1) is 10.3. The van der Waals surface area contributed by atoms with Gasteiger partial charge in [-0.3, -0.25) is 0 Å². The number of hydrogen-bond donors (Lipinski definition) is 1. The highest BCUT2D eigenvalue weighted by atomic mass is 32.1. The Morgan fingerprint density at radius 2 is 2.05 bits per heavy atom. The average molecular weight is 304 g/mol. The summed E-state index contributed by atoms with van der Waals surface area (Å²) in [6.45, 7) is 4.86. The first-order valence-corrected chi connectivity index (χ1v) is 8.40. The Morgan fingerprint density at radius 3 is 2.76 bits per heavy atom. The summed E-state index contributed by atoms with van der Waals surface area (Å²) in [5.41, 5.74) is 2.44. The zero-order valence-corrected chi connectivity index (χ0v) is 13.7. The maximum Gasteiger partial charge on any atom is 0.0936 e. The van der Waals surface area contributed by atoms with E-state index in [0.717, 1.165) is 39.0 Å². The van der Waals surface area contributed by atoms with Gasteiger partial charge >= 0.3 is 0 Å². The van der Waals surface area contributed by atoms with Crippen molar-refractivity contribution in [3.63, 3.8) is 0 Å². The first kappa shape index (κ1) is 16.1. The van der Waals surface area contributed by atoms with Gasteiger partial charge in [-0.15, -0.1) is 11.3 Å². The van der Waals surface area contributed by atoms with Crippen molar-refractivity contribution >= 4 is 11.3 Å². The third-order valence-electron chi connectivity index (χ3n) is 3.24. The molecule has 0 amide bonds. The Bertz CT molecular complexity index is 525. The minimum atomic E-state index is 0.795. The molecule has 0 saturated heterocycles. The largest absolute Gasteiger partial charge is 0.385 e. The van der Waals surface area contributed by atoms with E-state index < -0.39 is 0 Å². The number of nitrogens with zero attached hydrogens (tertiary/aromatic N) is 1. The van der Waals surface area contributed by atoms with Gasteiger partial charge in [-0.05, 0) is 24.9 Å². The summed E-state index contributed by atoms with van der Waals surface area (Å²) >= 11 is 1.81. The second kappa shape index (κ2) is 8.93. The summed E-state index contributed by atoms with van der Waals surface area (Å²) in [6.07, 6.45) is 3.16. The van der Waals surface area contributed by atoms with Crippen LogP contribution in [-0.2, 0) is 17.7 Å². The van der Waals surface area contributed by atoms with E-state index in [9.17, 15) is 0 Å². The van der Waals surface area contributed by atoms with E-state index in [0.29, 0.717) is 0 Å². The van der Waals surface area contributed by atoms with Crippen LogP contribution in [0.25, 0.3) is 10.4 Å². The van der Waals surface area contributed by atoms with Gasteiger partial charge in [0.1, 0.15) is 0 Å². The van der Waals surface area contributed by atoms with E-state index in [4.69, 9.17) is 9.72 Å². The molecule has 1 aromatic heterocycles. The number of thiazole rings is 1. The Morgan fingerprint density at radius 1 is 1.24 bits per heavy atom. The van der Waals surface area contributed by atoms with Crippen LogP contribution < -0.4 is 5.32 Å². The van der Waals surface area contributed by atoms with Crippen molar-refractivity contribution in [3.8, 4) is 10.4 Å².